The molecule has 1 aromatic rings. The molecule has 7 heteroatoms. The number of unbranched alkanes of at least 4 members (excludes halogenated alkanes) is 1. The number of carbonyl (C=O) groups excluding carboxylic acids is 1. The van der Waals surface area contributed by atoms with Gasteiger partial charge in [0.15, 0.2) is 0 Å². The summed E-state index contributed by atoms with van der Waals surface area (Å²) in [6.07, 6.45) is 2.33. The lowest BCUT2D eigenvalue weighted by Gasteiger charge is -2.29. The van der Waals surface area contributed by atoms with Gasteiger partial charge in [0, 0.05) is 18.5 Å². The Morgan fingerprint density at radius 3 is 2.39 bits per heavy atom. The van der Waals surface area contributed by atoms with Crippen molar-refractivity contribution in [1.29, 1.82) is 0 Å². The minimum Gasteiger partial charge on any atom is -0.491 e. The fourth-order valence-corrected chi connectivity index (χ4v) is 4.36. The number of hydrogen-bond donors (Lipinski definition) is 4. The minimum absolute atomic E-state index is 0.0270. The number of ether oxygens (including phenoxy) is 1. The molecule has 5 N–H and O–H groups in total. The first kappa shape index (κ1) is 32.7. The van der Waals surface area contributed by atoms with Crippen LogP contribution in [0.3, 0.4) is 0 Å². The lowest BCUT2D eigenvalue weighted by Crippen LogP contribution is -2.41. The molecule has 0 aromatic heterocycles. The Morgan fingerprint density at radius 1 is 1.17 bits per heavy atom. The van der Waals surface area contributed by atoms with Crippen LogP contribution in [-0.2, 0) is 16.6 Å². The average Bonchev–Trinajstić information content (AvgIpc) is 2.81. The van der Waals surface area contributed by atoms with Crippen LogP contribution < -0.4 is 15.8 Å². The number of aliphatic hydroxyl groups is 2. The Balaban J connectivity index is 2.89. The molecule has 5 atom stereocenters. The van der Waals surface area contributed by atoms with Gasteiger partial charge >= 0.3 is 0 Å². The molecule has 0 heterocycles. The molecule has 0 bridgehead atoms. The van der Waals surface area contributed by atoms with Gasteiger partial charge in [-0.25, -0.2) is 0 Å². The summed E-state index contributed by atoms with van der Waals surface area (Å²) in [6.45, 7) is 15.5. The first-order chi connectivity index (χ1) is 16.8. The van der Waals surface area contributed by atoms with Gasteiger partial charge in [0.2, 0.25) is 5.91 Å². The second-order valence-corrected chi connectivity index (χ2v) is 12.0. The summed E-state index contributed by atoms with van der Waals surface area (Å²) < 4.78 is 5.98. The monoisotopic (exact) mass is 526 g/mol. The van der Waals surface area contributed by atoms with Crippen LogP contribution in [0.4, 0.5) is 0 Å². The molecule has 1 rings (SSSR count). The highest BCUT2D eigenvalue weighted by Gasteiger charge is 2.27. The zero-order valence-electron chi connectivity index (χ0n) is 23.5. The highest BCUT2D eigenvalue weighted by Crippen LogP contribution is 2.34. The highest BCUT2D eigenvalue weighted by atomic mass is 35.5. The maximum Gasteiger partial charge on any atom is 0.222 e. The van der Waals surface area contributed by atoms with Crippen molar-refractivity contribution in [1.82, 2.24) is 5.32 Å². The maximum atomic E-state index is 12.3. The first-order valence-corrected chi connectivity index (χ1v) is 14.0. The first-order valence-electron chi connectivity index (χ1n) is 13.5. The van der Waals surface area contributed by atoms with Crippen molar-refractivity contribution in [3.05, 3.63) is 29.3 Å². The van der Waals surface area contributed by atoms with Crippen LogP contribution in [0, 0.1) is 17.8 Å². The summed E-state index contributed by atoms with van der Waals surface area (Å²) in [6, 6.07) is 5.88. The van der Waals surface area contributed by atoms with Crippen LogP contribution >= 0.6 is 11.6 Å². The molecule has 1 amide bonds. The number of nitrogens with two attached hydrogens (primary N) is 1. The molecule has 0 saturated carbocycles. The van der Waals surface area contributed by atoms with E-state index in [1.165, 1.54) is 0 Å². The van der Waals surface area contributed by atoms with Crippen molar-refractivity contribution < 1.29 is 19.7 Å². The molecular weight excluding hydrogens is 476 g/mol. The molecule has 1 unspecified atom stereocenters. The molecule has 208 valence electrons. The van der Waals surface area contributed by atoms with Gasteiger partial charge in [-0.15, -0.1) is 11.6 Å². The molecule has 6 nitrogen and oxygen atoms in total. The van der Waals surface area contributed by atoms with Gasteiger partial charge in [0.05, 0.1) is 12.0 Å². The minimum atomic E-state index is -0.739. The molecule has 0 radical (unpaired) electrons. The normalized spacial score (nSPS) is 16.3. The SMILES string of the molecule is CCCCNC(=O)C(C)C[C@H](O)[C@@H](N)C[C@H](Cc1ccc(C(C)(C)C)c(OC[C@@H](O)CCl)c1)C(C)C. The highest BCUT2D eigenvalue weighted by molar-refractivity contribution is 6.18. The van der Waals surface area contributed by atoms with E-state index in [9.17, 15) is 15.0 Å². The largest absolute Gasteiger partial charge is 0.491 e. The van der Waals surface area contributed by atoms with Crippen LogP contribution in [-0.4, -0.2) is 53.4 Å². The number of alkyl halides is 1. The van der Waals surface area contributed by atoms with Gasteiger partial charge in [0.1, 0.15) is 18.5 Å². The van der Waals surface area contributed by atoms with Crippen molar-refractivity contribution >= 4 is 17.5 Å². The Hall–Kier alpha value is -1.34. The van der Waals surface area contributed by atoms with Gasteiger partial charge in [-0.3, -0.25) is 4.79 Å². The van der Waals surface area contributed by atoms with E-state index in [1.807, 2.05) is 6.92 Å². The fraction of sp³-hybridized carbons (Fsp3) is 0.759. The summed E-state index contributed by atoms with van der Waals surface area (Å²) >= 11 is 5.75. The molecule has 0 aliphatic heterocycles. The zero-order chi connectivity index (χ0) is 27.5. The number of halogens is 1. The van der Waals surface area contributed by atoms with Gasteiger partial charge in [-0.2, -0.15) is 0 Å². The van der Waals surface area contributed by atoms with Crippen molar-refractivity contribution in [2.75, 3.05) is 19.0 Å². The van der Waals surface area contributed by atoms with Gasteiger partial charge in [-0.1, -0.05) is 67.0 Å². The molecule has 0 fully saturated rings. The molecule has 0 spiro atoms. The number of nitrogens with one attached hydrogen (secondary N) is 1. The topological polar surface area (TPSA) is 105 Å². The quantitative estimate of drug-likeness (QED) is 0.183. The van der Waals surface area contributed by atoms with Crippen LogP contribution in [0.15, 0.2) is 18.2 Å². The third-order valence-electron chi connectivity index (χ3n) is 6.85. The van der Waals surface area contributed by atoms with Gasteiger partial charge in [-0.05, 0) is 60.1 Å². The van der Waals surface area contributed by atoms with E-state index in [-0.39, 0.29) is 35.6 Å². The summed E-state index contributed by atoms with van der Waals surface area (Å²) in [4.78, 5) is 12.3. The Labute approximate surface area is 224 Å². The number of benzene rings is 1. The Bertz CT molecular complexity index is 781. The van der Waals surface area contributed by atoms with Crippen LogP contribution in [0.5, 0.6) is 5.75 Å². The van der Waals surface area contributed by atoms with Gasteiger partial charge in [0.25, 0.3) is 0 Å². The van der Waals surface area contributed by atoms with E-state index >= 15 is 0 Å². The zero-order valence-corrected chi connectivity index (χ0v) is 24.3. The molecule has 0 aliphatic rings. The van der Waals surface area contributed by atoms with Crippen molar-refractivity contribution in [3.8, 4) is 5.75 Å². The van der Waals surface area contributed by atoms with Crippen molar-refractivity contribution in [3.63, 3.8) is 0 Å². The third kappa shape index (κ3) is 11.4. The lowest BCUT2D eigenvalue weighted by atomic mass is 9.81. The lowest BCUT2D eigenvalue weighted by molar-refractivity contribution is -0.125. The van der Waals surface area contributed by atoms with Crippen molar-refractivity contribution in [2.24, 2.45) is 23.5 Å². The molecule has 0 saturated heterocycles. The number of aliphatic hydroxyl groups excluding tert-OH is 2. The Kier molecular flexibility index (Phi) is 14.4. The number of carbonyl (C=O) groups is 1. The number of amides is 1. The summed E-state index contributed by atoms with van der Waals surface area (Å²) in [5, 5.41) is 23.6. The van der Waals surface area contributed by atoms with E-state index < -0.39 is 18.2 Å². The average molecular weight is 527 g/mol. The van der Waals surface area contributed by atoms with Crippen LogP contribution in [0.1, 0.15) is 85.3 Å². The third-order valence-corrected chi connectivity index (χ3v) is 7.20. The summed E-state index contributed by atoms with van der Waals surface area (Å²) in [5.41, 5.74) is 8.54. The predicted molar refractivity (Wildman–Crippen MR) is 150 cm³/mol. The van der Waals surface area contributed by atoms with Crippen molar-refractivity contribution in [2.45, 2.75) is 104 Å². The number of hydrogen-bond acceptors (Lipinski definition) is 5. The smallest absolute Gasteiger partial charge is 0.222 e. The van der Waals surface area contributed by atoms with Crippen LogP contribution in [0.25, 0.3) is 0 Å². The predicted octanol–water partition coefficient (Wildman–Crippen LogP) is 4.80. The van der Waals surface area contributed by atoms with E-state index in [0.29, 0.717) is 25.3 Å². The van der Waals surface area contributed by atoms with Crippen LogP contribution in [0.2, 0.25) is 0 Å². The van der Waals surface area contributed by atoms with E-state index in [2.05, 4.69) is 65.1 Å². The van der Waals surface area contributed by atoms with E-state index in [1.54, 1.807) is 0 Å². The summed E-state index contributed by atoms with van der Waals surface area (Å²) in [5.74, 6) is 1.19. The standard InChI is InChI=1S/C29H51ClN2O4/c1-8-9-12-32-28(35)20(4)13-26(34)25(31)16-22(19(2)3)14-21-10-11-24(29(5,6)7)27(15-21)36-18-23(33)17-30/h10-11,15,19-20,22-23,25-26,33-34H,8-9,12-14,16-18,31H2,1-7H3,(H,32,35)/t20?,22-,23-,25-,26-/m0/s1. The Morgan fingerprint density at radius 2 is 1.83 bits per heavy atom. The summed E-state index contributed by atoms with van der Waals surface area (Å²) in [7, 11) is 0. The second-order valence-electron chi connectivity index (χ2n) is 11.7. The van der Waals surface area contributed by atoms with E-state index in [4.69, 9.17) is 22.1 Å². The van der Waals surface area contributed by atoms with Gasteiger partial charge < -0.3 is 26.0 Å². The number of rotatable bonds is 16. The molecule has 0 aliphatic carbocycles. The molecule has 36 heavy (non-hydrogen) atoms. The van der Waals surface area contributed by atoms with E-state index in [0.717, 1.165) is 36.1 Å². The maximum absolute atomic E-state index is 12.3. The molecular formula is C29H51ClN2O4. The molecule has 1 aromatic carbocycles. The fourth-order valence-electron chi connectivity index (χ4n) is 4.27. The second kappa shape index (κ2) is 15.8.